The predicted octanol–water partition coefficient (Wildman–Crippen LogP) is 20.1. The third-order valence-electron chi connectivity index (χ3n) is 15.3. The lowest BCUT2D eigenvalue weighted by Crippen LogP contribution is -2.44. The minimum atomic E-state index is -1.34. The second kappa shape index (κ2) is 57.1. The van der Waals surface area contributed by atoms with Crippen molar-refractivity contribution in [3.8, 4) is 0 Å². The average Bonchev–Trinajstić information content (AvgIpc) is 3.40. The largest absolute Gasteiger partial charge is 0.465 e. The van der Waals surface area contributed by atoms with Crippen LogP contribution in [0, 0.1) is 5.41 Å². The first-order chi connectivity index (χ1) is 37.4. The van der Waals surface area contributed by atoms with Gasteiger partial charge >= 0.3 is 23.9 Å². The quantitative estimate of drug-likeness (QED) is 0.0207. The maximum absolute atomic E-state index is 13.5. The lowest BCUT2D eigenvalue weighted by atomic mass is 9.92. The number of rotatable bonds is 60. The van der Waals surface area contributed by atoms with Crippen LogP contribution in [0.4, 0.5) is 0 Å². The van der Waals surface area contributed by atoms with Crippen LogP contribution in [-0.2, 0) is 38.1 Å². The second-order valence-electron chi connectivity index (χ2n) is 23.5. The molecule has 0 aliphatic carbocycles. The van der Waals surface area contributed by atoms with Crippen molar-refractivity contribution in [3.05, 3.63) is 0 Å². The number of thiol groups is 4. The molecule has 12 heteroatoms. The van der Waals surface area contributed by atoms with E-state index in [0.717, 1.165) is 77.0 Å². The van der Waals surface area contributed by atoms with Crippen LogP contribution >= 0.6 is 50.5 Å². The van der Waals surface area contributed by atoms with E-state index < -0.39 is 29.3 Å². The molecular formula is C65H124O8S4. The number of ether oxygens (including phenoxy) is 4. The zero-order chi connectivity index (χ0) is 56.7. The lowest BCUT2D eigenvalue weighted by Gasteiger charge is -2.32. The van der Waals surface area contributed by atoms with Gasteiger partial charge in [-0.25, -0.2) is 0 Å². The Morgan fingerprint density at radius 3 is 0.558 bits per heavy atom. The number of hydrogen-bond acceptors (Lipinski definition) is 12. The highest BCUT2D eigenvalue weighted by Crippen LogP contribution is 2.26. The molecule has 0 saturated heterocycles. The molecule has 0 spiro atoms. The molecule has 0 N–H and O–H groups in total. The van der Waals surface area contributed by atoms with E-state index in [-0.39, 0.29) is 73.1 Å². The fraction of sp³-hybridized carbons (Fsp3) is 0.938. The van der Waals surface area contributed by atoms with Gasteiger partial charge in [0.05, 0.1) is 25.7 Å². The molecule has 456 valence electrons. The van der Waals surface area contributed by atoms with Crippen molar-refractivity contribution in [1.82, 2.24) is 0 Å². The molecule has 77 heavy (non-hydrogen) atoms. The van der Waals surface area contributed by atoms with E-state index in [2.05, 4.69) is 27.7 Å². The zero-order valence-electron chi connectivity index (χ0n) is 50.6. The minimum absolute atomic E-state index is 0.108. The van der Waals surface area contributed by atoms with Crippen molar-refractivity contribution in [1.29, 1.82) is 0 Å². The Kier molecular flexibility index (Phi) is 56.6. The molecule has 0 aromatic heterocycles. The van der Waals surface area contributed by atoms with E-state index in [1.165, 1.54) is 205 Å². The number of unbranched alkanes of at least 4 members (excludes halogenated alkanes) is 36. The van der Waals surface area contributed by atoms with Crippen LogP contribution < -0.4 is 0 Å². The van der Waals surface area contributed by atoms with Gasteiger partial charge in [-0.2, -0.15) is 50.5 Å². The van der Waals surface area contributed by atoms with Crippen LogP contribution in [0.3, 0.4) is 0 Å². The van der Waals surface area contributed by atoms with Crippen LogP contribution in [0.25, 0.3) is 0 Å². The van der Waals surface area contributed by atoms with Gasteiger partial charge in [-0.1, -0.05) is 285 Å². The Bertz CT molecular complexity index is 1140. The molecule has 0 saturated carbocycles. The van der Waals surface area contributed by atoms with Crippen LogP contribution in [0.2, 0.25) is 0 Å². The maximum Gasteiger partial charge on any atom is 0.306 e. The summed E-state index contributed by atoms with van der Waals surface area (Å²) < 4.78 is 23.9. The summed E-state index contributed by atoms with van der Waals surface area (Å²) in [6, 6.07) is 0. The molecule has 0 aromatic rings. The van der Waals surface area contributed by atoms with Gasteiger partial charge in [-0.3, -0.25) is 19.2 Å². The first-order valence-corrected chi connectivity index (χ1v) is 34.8. The topological polar surface area (TPSA) is 105 Å². The average molecular weight is 1160 g/mol. The summed E-state index contributed by atoms with van der Waals surface area (Å²) in [5.74, 6) is -1.79. The zero-order valence-corrected chi connectivity index (χ0v) is 54.2. The standard InChI is InChI=1S/C65H124O8S4/c1-5-9-13-17-21-25-29-33-37-41-45-57(74)49-61(66)70-53-65(54-71-62(67)50-58(75)46-42-38-34-30-26-22-18-14-10-6-2,55-72-63(68)51-59(76)47-43-39-35-31-27-23-19-15-11-7-3)56-73-64(69)52-60(77)48-44-40-36-32-28-24-20-16-12-8-4/h57-60,74-77H,5-56H2,1-4H3. The van der Waals surface area contributed by atoms with Crippen LogP contribution in [0.1, 0.15) is 336 Å². The molecule has 0 aromatic carbocycles. The highest BCUT2D eigenvalue weighted by atomic mass is 32.1. The van der Waals surface area contributed by atoms with Gasteiger partial charge in [0.15, 0.2) is 0 Å². The molecule has 0 rings (SSSR count). The van der Waals surface area contributed by atoms with Gasteiger partial charge in [0.25, 0.3) is 0 Å². The van der Waals surface area contributed by atoms with E-state index in [9.17, 15) is 19.2 Å². The molecule has 8 nitrogen and oxygen atoms in total. The number of hydrogen-bond donors (Lipinski definition) is 4. The molecular weight excluding hydrogens is 1040 g/mol. The summed E-state index contributed by atoms with van der Waals surface area (Å²) in [6.07, 6.45) is 53.0. The van der Waals surface area contributed by atoms with Crippen molar-refractivity contribution < 1.29 is 38.1 Å². The number of carbonyl (C=O) groups excluding carboxylic acids is 4. The molecule has 0 amide bonds. The Morgan fingerprint density at radius 1 is 0.260 bits per heavy atom. The molecule has 0 bridgehead atoms. The number of carbonyl (C=O) groups is 4. The van der Waals surface area contributed by atoms with Crippen molar-refractivity contribution in [3.63, 3.8) is 0 Å². The maximum atomic E-state index is 13.5. The SMILES string of the molecule is CCCCCCCCCCCCC(S)CC(=O)OCC(COC(=O)CC(S)CCCCCCCCCCCC)(COC(=O)CC(S)CCCCCCCCCCCC)COC(=O)CC(S)CCCCCCCCCCCC. The first-order valence-electron chi connectivity index (χ1n) is 32.7. The van der Waals surface area contributed by atoms with Crippen LogP contribution in [0.5, 0.6) is 0 Å². The molecule has 0 aliphatic rings. The second-order valence-corrected chi connectivity index (χ2v) is 26.4. The summed E-state index contributed by atoms with van der Waals surface area (Å²) in [5.41, 5.74) is -1.34. The highest BCUT2D eigenvalue weighted by Gasteiger charge is 2.38. The summed E-state index contributed by atoms with van der Waals surface area (Å²) in [7, 11) is 0. The van der Waals surface area contributed by atoms with E-state index in [1.54, 1.807) is 0 Å². The van der Waals surface area contributed by atoms with Crippen molar-refractivity contribution in [2.24, 2.45) is 5.41 Å². The van der Waals surface area contributed by atoms with Crippen LogP contribution in [0.15, 0.2) is 0 Å². The Hall–Kier alpha value is -0.720. The van der Waals surface area contributed by atoms with Gasteiger partial charge in [0.1, 0.15) is 31.8 Å². The van der Waals surface area contributed by atoms with Gasteiger partial charge in [0, 0.05) is 21.0 Å². The molecule has 4 unspecified atom stereocenters. The molecule has 0 heterocycles. The summed E-state index contributed by atoms with van der Waals surface area (Å²) >= 11 is 19.1. The Balaban J connectivity index is 5.82. The van der Waals surface area contributed by atoms with Gasteiger partial charge in [-0.05, 0) is 25.7 Å². The third kappa shape index (κ3) is 53.1. The van der Waals surface area contributed by atoms with Crippen LogP contribution in [-0.4, -0.2) is 71.3 Å². The lowest BCUT2D eigenvalue weighted by molar-refractivity contribution is -0.170. The summed E-state index contributed by atoms with van der Waals surface area (Å²) in [6.45, 7) is 7.91. The Labute approximate surface area is 498 Å². The fourth-order valence-corrected chi connectivity index (χ4v) is 11.4. The molecule has 0 fully saturated rings. The monoisotopic (exact) mass is 1160 g/mol. The highest BCUT2D eigenvalue weighted by molar-refractivity contribution is 7.81. The summed E-state index contributed by atoms with van der Waals surface area (Å²) in [4.78, 5) is 54.1. The normalized spacial score (nSPS) is 13.9. The van der Waals surface area contributed by atoms with Gasteiger partial charge in [-0.15, -0.1) is 0 Å². The first kappa shape index (κ1) is 76.3. The van der Waals surface area contributed by atoms with Gasteiger partial charge in [0.2, 0.25) is 0 Å². The van der Waals surface area contributed by atoms with E-state index in [1.807, 2.05) is 0 Å². The number of esters is 4. The molecule has 0 radical (unpaired) electrons. The summed E-state index contributed by atoms with van der Waals surface area (Å²) in [5, 5.41) is -0.692. The van der Waals surface area contributed by atoms with E-state index in [4.69, 9.17) is 69.5 Å². The van der Waals surface area contributed by atoms with Gasteiger partial charge < -0.3 is 18.9 Å². The van der Waals surface area contributed by atoms with E-state index >= 15 is 0 Å². The van der Waals surface area contributed by atoms with E-state index in [0.29, 0.717) is 0 Å². The Morgan fingerprint density at radius 2 is 0.403 bits per heavy atom. The van der Waals surface area contributed by atoms with Crippen molar-refractivity contribution in [2.75, 3.05) is 26.4 Å². The molecule has 0 aliphatic heterocycles. The predicted molar refractivity (Wildman–Crippen MR) is 342 cm³/mol. The van der Waals surface area contributed by atoms with Crippen molar-refractivity contribution >= 4 is 74.4 Å². The smallest absolute Gasteiger partial charge is 0.306 e. The molecule has 4 atom stereocenters. The minimum Gasteiger partial charge on any atom is -0.465 e. The fourth-order valence-electron chi connectivity index (χ4n) is 10.1. The third-order valence-corrected chi connectivity index (χ3v) is 17.1. The van der Waals surface area contributed by atoms with Crippen molar-refractivity contribution in [2.45, 2.75) is 357 Å².